The number of carbonyl (C=O) groups is 1. The molecule has 1 N–H and O–H groups in total. The highest BCUT2D eigenvalue weighted by Crippen LogP contribution is 2.26. The molecule has 5 nitrogen and oxygen atoms in total. The molecule has 136 valence electrons. The van der Waals surface area contributed by atoms with Crippen molar-refractivity contribution in [2.45, 2.75) is 32.8 Å². The van der Waals surface area contributed by atoms with Crippen molar-refractivity contribution in [3.63, 3.8) is 0 Å². The van der Waals surface area contributed by atoms with Gasteiger partial charge in [-0.2, -0.15) is 5.26 Å². The van der Waals surface area contributed by atoms with Crippen molar-refractivity contribution in [3.05, 3.63) is 59.4 Å². The third-order valence-corrected chi connectivity index (χ3v) is 3.30. The highest BCUT2D eigenvalue weighted by molar-refractivity contribution is 5.67. The molecule has 0 saturated heterocycles. The zero-order valence-electron chi connectivity index (χ0n) is 15.0. The van der Waals surface area contributed by atoms with Crippen LogP contribution in [0.2, 0.25) is 0 Å². The molecule has 0 aliphatic rings. The van der Waals surface area contributed by atoms with Crippen LogP contribution in [0.3, 0.4) is 0 Å². The molecule has 0 unspecified atom stereocenters. The number of benzene rings is 2. The third kappa shape index (κ3) is 6.10. The Kier molecular flexibility index (Phi) is 6.18. The summed E-state index contributed by atoms with van der Waals surface area (Å²) < 4.78 is 24.1. The molecule has 0 radical (unpaired) electrons. The number of ether oxygens (including phenoxy) is 2. The van der Waals surface area contributed by atoms with E-state index in [4.69, 9.17) is 14.7 Å². The van der Waals surface area contributed by atoms with Crippen molar-refractivity contribution < 1.29 is 18.7 Å². The lowest BCUT2D eigenvalue weighted by Gasteiger charge is -2.19. The van der Waals surface area contributed by atoms with E-state index >= 15 is 0 Å². The van der Waals surface area contributed by atoms with Crippen molar-refractivity contribution in [2.75, 3.05) is 6.54 Å². The van der Waals surface area contributed by atoms with Crippen LogP contribution in [-0.2, 0) is 11.2 Å². The van der Waals surface area contributed by atoms with Gasteiger partial charge in [0.05, 0.1) is 5.56 Å². The Bertz CT molecular complexity index is 805. The smallest absolute Gasteiger partial charge is 0.407 e. The normalized spacial score (nSPS) is 10.7. The Balaban J connectivity index is 1.90. The summed E-state index contributed by atoms with van der Waals surface area (Å²) in [6, 6.07) is 12.9. The minimum Gasteiger partial charge on any atom is -0.456 e. The van der Waals surface area contributed by atoms with E-state index in [1.165, 1.54) is 18.2 Å². The van der Waals surface area contributed by atoms with Gasteiger partial charge in [0.25, 0.3) is 0 Å². The molecule has 0 aliphatic carbocycles. The number of hydrogen-bond acceptors (Lipinski definition) is 4. The molecular weight excluding hydrogens is 335 g/mol. The summed E-state index contributed by atoms with van der Waals surface area (Å²) in [7, 11) is 0. The molecule has 0 aliphatic heterocycles. The van der Waals surface area contributed by atoms with Gasteiger partial charge in [-0.15, -0.1) is 0 Å². The Labute approximate surface area is 152 Å². The van der Waals surface area contributed by atoms with Crippen molar-refractivity contribution >= 4 is 6.09 Å². The highest BCUT2D eigenvalue weighted by atomic mass is 19.1. The van der Waals surface area contributed by atoms with Crippen LogP contribution in [0.25, 0.3) is 0 Å². The maximum absolute atomic E-state index is 13.3. The summed E-state index contributed by atoms with van der Waals surface area (Å²) in [5.74, 6) is 0.201. The van der Waals surface area contributed by atoms with Crippen LogP contribution in [0.1, 0.15) is 31.9 Å². The monoisotopic (exact) mass is 356 g/mol. The van der Waals surface area contributed by atoms with E-state index < -0.39 is 17.5 Å². The lowest BCUT2D eigenvalue weighted by atomic mass is 10.1. The van der Waals surface area contributed by atoms with E-state index in [1.807, 2.05) is 39.0 Å². The minimum atomic E-state index is -0.526. The summed E-state index contributed by atoms with van der Waals surface area (Å²) in [5.41, 5.74) is 0.729. The molecule has 2 aromatic carbocycles. The van der Waals surface area contributed by atoms with Gasteiger partial charge in [0.1, 0.15) is 29.0 Å². The van der Waals surface area contributed by atoms with Gasteiger partial charge in [-0.05, 0) is 57.0 Å². The topological polar surface area (TPSA) is 71.3 Å². The quantitative estimate of drug-likeness (QED) is 0.853. The van der Waals surface area contributed by atoms with Crippen LogP contribution in [0.4, 0.5) is 9.18 Å². The van der Waals surface area contributed by atoms with Gasteiger partial charge in [0, 0.05) is 12.6 Å². The van der Waals surface area contributed by atoms with Gasteiger partial charge in [-0.25, -0.2) is 9.18 Å². The molecule has 6 heteroatoms. The molecule has 0 atom stereocenters. The highest BCUT2D eigenvalue weighted by Gasteiger charge is 2.15. The van der Waals surface area contributed by atoms with Gasteiger partial charge in [-0.1, -0.05) is 12.1 Å². The van der Waals surface area contributed by atoms with Crippen LogP contribution in [0, 0.1) is 17.1 Å². The van der Waals surface area contributed by atoms with Crippen molar-refractivity contribution in [3.8, 4) is 17.6 Å². The van der Waals surface area contributed by atoms with Crippen molar-refractivity contribution in [1.29, 1.82) is 5.26 Å². The van der Waals surface area contributed by atoms with Crippen LogP contribution in [0.5, 0.6) is 11.5 Å². The molecule has 0 fully saturated rings. The Morgan fingerprint density at radius 2 is 1.88 bits per heavy atom. The summed E-state index contributed by atoms with van der Waals surface area (Å²) in [6.45, 7) is 5.86. The first-order valence-corrected chi connectivity index (χ1v) is 8.20. The standard InChI is InChI=1S/C20H21FN2O3/c1-20(2,3)26-19(24)23-11-10-14-4-8-17(9-5-14)25-18-12-16(21)7-6-15(18)13-22/h4-9,12H,10-11H2,1-3H3,(H,23,24). The number of nitrogens with one attached hydrogen (secondary N) is 1. The molecule has 2 aromatic rings. The first-order chi connectivity index (χ1) is 12.3. The molecule has 0 aromatic heterocycles. The molecule has 0 saturated carbocycles. The number of amides is 1. The molecule has 0 spiro atoms. The van der Waals surface area contributed by atoms with Gasteiger partial charge in [0.15, 0.2) is 0 Å². The molecule has 1 amide bonds. The number of halogens is 1. The fourth-order valence-electron chi connectivity index (χ4n) is 2.15. The summed E-state index contributed by atoms with van der Waals surface area (Å²) in [6.07, 6.45) is 0.177. The fourth-order valence-corrected chi connectivity index (χ4v) is 2.15. The number of alkyl carbamates (subject to hydrolysis) is 1. The summed E-state index contributed by atoms with van der Waals surface area (Å²) in [4.78, 5) is 11.6. The average Bonchev–Trinajstić information content (AvgIpc) is 2.55. The molecule has 0 bridgehead atoms. The summed E-state index contributed by atoms with van der Waals surface area (Å²) >= 11 is 0. The predicted molar refractivity (Wildman–Crippen MR) is 95.6 cm³/mol. The zero-order chi connectivity index (χ0) is 19.2. The molecule has 2 rings (SSSR count). The number of nitrogens with zero attached hydrogens (tertiary/aromatic N) is 1. The van der Waals surface area contributed by atoms with Crippen LogP contribution >= 0.6 is 0 Å². The maximum atomic E-state index is 13.3. The number of carbonyl (C=O) groups excluding carboxylic acids is 1. The Hall–Kier alpha value is -3.07. The van der Waals surface area contributed by atoms with E-state index in [1.54, 1.807) is 12.1 Å². The Morgan fingerprint density at radius 3 is 2.50 bits per heavy atom. The summed E-state index contributed by atoms with van der Waals surface area (Å²) in [5, 5.41) is 11.7. The average molecular weight is 356 g/mol. The van der Waals surface area contributed by atoms with Crippen LogP contribution in [0.15, 0.2) is 42.5 Å². The predicted octanol–water partition coefficient (Wildman–Crippen LogP) is 4.56. The maximum Gasteiger partial charge on any atom is 0.407 e. The van der Waals surface area contributed by atoms with E-state index in [2.05, 4.69) is 5.32 Å². The van der Waals surface area contributed by atoms with Crippen LogP contribution in [-0.4, -0.2) is 18.2 Å². The molecule has 26 heavy (non-hydrogen) atoms. The van der Waals surface area contributed by atoms with E-state index in [9.17, 15) is 9.18 Å². The second-order valence-electron chi connectivity index (χ2n) is 6.68. The van der Waals surface area contributed by atoms with Gasteiger partial charge < -0.3 is 14.8 Å². The van der Waals surface area contributed by atoms with Gasteiger partial charge >= 0.3 is 6.09 Å². The fraction of sp³-hybridized carbons (Fsp3) is 0.300. The third-order valence-electron chi connectivity index (χ3n) is 3.30. The second-order valence-corrected chi connectivity index (χ2v) is 6.68. The van der Waals surface area contributed by atoms with E-state index in [0.29, 0.717) is 18.7 Å². The Morgan fingerprint density at radius 1 is 1.19 bits per heavy atom. The first-order valence-electron chi connectivity index (χ1n) is 8.20. The second kappa shape index (κ2) is 8.34. The van der Waals surface area contributed by atoms with E-state index in [-0.39, 0.29) is 11.3 Å². The van der Waals surface area contributed by atoms with Gasteiger partial charge in [-0.3, -0.25) is 0 Å². The lowest BCUT2D eigenvalue weighted by molar-refractivity contribution is 0.0528. The number of rotatable bonds is 5. The van der Waals surface area contributed by atoms with Crippen molar-refractivity contribution in [1.82, 2.24) is 5.32 Å². The van der Waals surface area contributed by atoms with Crippen LogP contribution < -0.4 is 10.1 Å². The van der Waals surface area contributed by atoms with E-state index in [0.717, 1.165) is 5.56 Å². The lowest BCUT2D eigenvalue weighted by Crippen LogP contribution is -2.33. The zero-order valence-corrected chi connectivity index (χ0v) is 15.0. The largest absolute Gasteiger partial charge is 0.456 e. The van der Waals surface area contributed by atoms with Crippen molar-refractivity contribution in [2.24, 2.45) is 0 Å². The number of hydrogen-bond donors (Lipinski definition) is 1. The molecule has 0 heterocycles. The SMILES string of the molecule is CC(C)(C)OC(=O)NCCc1ccc(Oc2cc(F)ccc2C#N)cc1. The minimum absolute atomic E-state index is 0.173. The molecular formula is C20H21FN2O3. The first kappa shape index (κ1) is 19.3. The van der Waals surface area contributed by atoms with Gasteiger partial charge in [0.2, 0.25) is 0 Å². The number of nitriles is 1.